The molecule has 1 N–H and O–H groups in total. The number of fused-ring (bicyclic) bond motifs is 1. The molecule has 1 amide bonds. The first kappa shape index (κ1) is 15.5. The van der Waals surface area contributed by atoms with Crippen molar-refractivity contribution in [2.24, 2.45) is 0 Å². The van der Waals surface area contributed by atoms with Gasteiger partial charge in [-0.15, -0.1) is 11.3 Å². The zero-order chi connectivity index (χ0) is 15.4. The Kier molecular flexibility index (Phi) is 4.95. The van der Waals surface area contributed by atoms with Crippen molar-refractivity contribution in [2.45, 2.75) is 39.8 Å². The van der Waals surface area contributed by atoms with Crippen LogP contribution in [0.4, 0.5) is 0 Å². The third kappa shape index (κ3) is 3.07. The zero-order valence-corrected chi connectivity index (χ0v) is 13.0. The number of aromatic nitrogens is 2. The molecule has 0 unspecified atom stereocenters. The van der Waals surface area contributed by atoms with E-state index >= 15 is 0 Å². The van der Waals surface area contributed by atoms with Crippen LogP contribution in [0.25, 0.3) is 10.2 Å². The van der Waals surface area contributed by atoms with E-state index in [1.54, 1.807) is 11.4 Å². The molecule has 0 aromatic carbocycles. The lowest BCUT2D eigenvalue weighted by Gasteiger charge is -2.11. The van der Waals surface area contributed by atoms with Gasteiger partial charge in [0.1, 0.15) is 11.2 Å². The van der Waals surface area contributed by atoms with Gasteiger partial charge in [0.15, 0.2) is 0 Å². The Labute approximate surface area is 126 Å². The molecule has 21 heavy (non-hydrogen) atoms. The summed E-state index contributed by atoms with van der Waals surface area (Å²) < 4.78 is 3.12. The predicted octanol–water partition coefficient (Wildman–Crippen LogP) is 1.16. The SMILES string of the molecule is CCCNC(=O)Cn1c(=O)n(CCC)c(=O)c2sccc21. The fraction of sp³-hybridized carbons (Fsp3) is 0.500. The lowest BCUT2D eigenvalue weighted by atomic mass is 10.4. The molecular formula is C14H19N3O3S. The Hall–Kier alpha value is -1.89. The summed E-state index contributed by atoms with van der Waals surface area (Å²) in [7, 11) is 0. The monoisotopic (exact) mass is 309 g/mol. The fourth-order valence-corrected chi connectivity index (χ4v) is 3.01. The van der Waals surface area contributed by atoms with Gasteiger partial charge in [0.25, 0.3) is 5.56 Å². The van der Waals surface area contributed by atoms with Crippen LogP contribution >= 0.6 is 11.3 Å². The zero-order valence-electron chi connectivity index (χ0n) is 12.2. The first-order valence-corrected chi connectivity index (χ1v) is 7.95. The average molecular weight is 309 g/mol. The van der Waals surface area contributed by atoms with Crippen LogP contribution < -0.4 is 16.6 Å². The van der Waals surface area contributed by atoms with E-state index in [9.17, 15) is 14.4 Å². The van der Waals surface area contributed by atoms with E-state index in [4.69, 9.17) is 0 Å². The van der Waals surface area contributed by atoms with Gasteiger partial charge in [0, 0.05) is 13.1 Å². The number of thiophene rings is 1. The number of nitrogens with one attached hydrogen (secondary N) is 1. The molecule has 0 fully saturated rings. The van der Waals surface area contributed by atoms with Crippen LogP contribution in [0.2, 0.25) is 0 Å². The fourth-order valence-electron chi connectivity index (χ4n) is 2.17. The Morgan fingerprint density at radius 1 is 1.24 bits per heavy atom. The topological polar surface area (TPSA) is 73.1 Å². The maximum Gasteiger partial charge on any atom is 0.332 e. The summed E-state index contributed by atoms with van der Waals surface area (Å²) in [6, 6.07) is 1.71. The summed E-state index contributed by atoms with van der Waals surface area (Å²) in [6.07, 6.45) is 1.53. The Balaban J connectivity index is 2.51. The summed E-state index contributed by atoms with van der Waals surface area (Å²) in [5, 5.41) is 4.51. The molecule has 2 rings (SSSR count). The van der Waals surface area contributed by atoms with Crippen LogP contribution in [0.5, 0.6) is 0 Å². The summed E-state index contributed by atoms with van der Waals surface area (Å²) in [5.74, 6) is -0.215. The Morgan fingerprint density at radius 3 is 2.67 bits per heavy atom. The molecule has 0 radical (unpaired) electrons. The van der Waals surface area contributed by atoms with Gasteiger partial charge in [-0.05, 0) is 24.3 Å². The predicted molar refractivity (Wildman–Crippen MR) is 83.9 cm³/mol. The summed E-state index contributed by atoms with van der Waals surface area (Å²) >= 11 is 1.30. The van der Waals surface area contributed by atoms with Gasteiger partial charge in [-0.2, -0.15) is 0 Å². The van der Waals surface area contributed by atoms with Crippen molar-refractivity contribution in [3.63, 3.8) is 0 Å². The first-order valence-electron chi connectivity index (χ1n) is 7.07. The minimum atomic E-state index is -0.417. The van der Waals surface area contributed by atoms with E-state index in [1.807, 2.05) is 13.8 Å². The third-order valence-corrected chi connectivity index (χ3v) is 4.05. The molecular weight excluding hydrogens is 290 g/mol. The standard InChI is InChI=1S/C14H19N3O3S/c1-3-6-15-11(18)9-17-10-5-8-21-12(10)13(19)16(7-4-2)14(17)20/h5,8H,3-4,6-7,9H2,1-2H3,(H,15,18). The lowest BCUT2D eigenvalue weighted by Crippen LogP contribution is -2.42. The number of hydrogen-bond donors (Lipinski definition) is 1. The maximum absolute atomic E-state index is 12.5. The third-order valence-electron chi connectivity index (χ3n) is 3.16. The highest BCUT2D eigenvalue weighted by Gasteiger charge is 2.15. The van der Waals surface area contributed by atoms with Gasteiger partial charge in [0.2, 0.25) is 5.91 Å². The molecule has 0 aliphatic heterocycles. The highest BCUT2D eigenvalue weighted by atomic mass is 32.1. The molecule has 114 valence electrons. The largest absolute Gasteiger partial charge is 0.355 e. The highest BCUT2D eigenvalue weighted by molar-refractivity contribution is 7.17. The van der Waals surface area contributed by atoms with Crippen LogP contribution in [0, 0.1) is 0 Å². The van der Waals surface area contributed by atoms with E-state index < -0.39 is 5.69 Å². The van der Waals surface area contributed by atoms with Gasteiger partial charge in [-0.3, -0.25) is 18.7 Å². The molecule has 2 aromatic rings. The van der Waals surface area contributed by atoms with Crippen LogP contribution in [-0.4, -0.2) is 21.6 Å². The van der Waals surface area contributed by atoms with Crippen molar-refractivity contribution in [2.75, 3.05) is 6.54 Å². The summed E-state index contributed by atoms with van der Waals surface area (Å²) in [4.78, 5) is 36.6. The smallest absolute Gasteiger partial charge is 0.332 e. The first-order chi connectivity index (χ1) is 10.1. The molecule has 0 aliphatic rings. The molecule has 0 bridgehead atoms. The van der Waals surface area contributed by atoms with Gasteiger partial charge >= 0.3 is 5.69 Å². The quantitative estimate of drug-likeness (QED) is 0.870. The number of rotatable bonds is 6. The Bertz CT molecular complexity index is 757. The van der Waals surface area contributed by atoms with Crippen molar-refractivity contribution in [1.82, 2.24) is 14.5 Å². The van der Waals surface area contributed by atoms with E-state index in [1.165, 1.54) is 20.5 Å². The second-order valence-electron chi connectivity index (χ2n) is 4.81. The minimum absolute atomic E-state index is 0.0595. The second-order valence-corrected chi connectivity index (χ2v) is 5.73. The minimum Gasteiger partial charge on any atom is -0.355 e. The van der Waals surface area contributed by atoms with Crippen molar-refractivity contribution >= 4 is 27.5 Å². The molecule has 0 spiro atoms. The van der Waals surface area contributed by atoms with Gasteiger partial charge in [-0.25, -0.2) is 4.79 Å². The van der Waals surface area contributed by atoms with Crippen molar-refractivity contribution in [3.05, 3.63) is 32.3 Å². The molecule has 2 aromatic heterocycles. The maximum atomic E-state index is 12.5. The summed E-state index contributed by atoms with van der Waals surface area (Å²) in [5.41, 5.74) is -0.148. The molecule has 7 heteroatoms. The van der Waals surface area contributed by atoms with Crippen LogP contribution in [0.3, 0.4) is 0 Å². The van der Waals surface area contributed by atoms with Crippen LogP contribution in [0.15, 0.2) is 21.0 Å². The van der Waals surface area contributed by atoms with Crippen molar-refractivity contribution < 1.29 is 4.79 Å². The number of carbonyl (C=O) groups is 1. The second kappa shape index (κ2) is 6.71. The number of amides is 1. The van der Waals surface area contributed by atoms with Gasteiger partial charge in [-0.1, -0.05) is 13.8 Å². The Morgan fingerprint density at radius 2 is 2.00 bits per heavy atom. The van der Waals surface area contributed by atoms with E-state index in [0.717, 1.165) is 6.42 Å². The summed E-state index contributed by atoms with van der Waals surface area (Å²) in [6.45, 7) is 4.75. The van der Waals surface area contributed by atoms with Crippen LogP contribution in [0.1, 0.15) is 26.7 Å². The van der Waals surface area contributed by atoms with Crippen molar-refractivity contribution in [1.29, 1.82) is 0 Å². The van der Waals surface area contributed by atoms with Crippen molar-refractivity contribution in [3.8, 4) is 0 Å². The lowest BCUT2D eigenvalue weighted by molar-refractivity contribution is -0.121. The van der Waals surface area contributed by atoms with E-state index in [0.29, 0.717) is 29.7 Å². The molecule has 0 saturated carbocycles. The molecule has 6 nitrogen and oxygen atoms in total. The number of nitrogens with zero attached hydrogens (tertiary/aromatic N) is 2. The van der Waals surface area contributed by atoms with Gasteiger partial charge < -0.3 is 5.32 Å². The molecule has 0 atom stereocenters. The van der Waals surface area contributed by atoms with Gasteiger partial charge in [0.05, 0.1) is 5.52 Å². The highest BCUT2D eigenvalue weighted by Crippen LogP contribution is 2.15. The van der Waals surface area contributed by atoms with E-state index in [2.05, 4.69) is 5.32 Å². The molecule has 0 saturated heterocycles. The van der Waals surface area contributed by atoms with E-state index in [-0.39, 0.29) is 18.0 Å². The number of carbonyl (C=O) groups excluding carboxylic acids is 1. The average Bonchev–Trinajstić information content (AvgIpc) is 2.95. The molecule has 2 heterocycles. The van der Waals surface area contributed by atoms with Crippen LogP contribution in [-0.2, 0) is 17.9 Å². The normalized spacial score (nSPS) is 11.0. The number of hydrogen-bond acceptors (Lipinski definition) is 4. The molecule has 0 aliphatic carbocycles.